The summed E-state index contributed by atoms with van der Waals surface area (Å²) < 4.78 is 19.2. The van der Waals surface area contributed by atoms with Gasteiger partial charge in [-0.2, -0.15) is 4.98 Å². The number of benzene rings is 2. The Morgan fingerprint density at radius 1 is 1.21 bits per heavy atom. The molecule has 4 rings (SSSR count). The summed E-state index contributed by atoms with van der Waals surface area (Å²) in [6.07, 6.45) is 0. The summed E-state index contributed by atoms with van der Waals surface area (Å²) in [5, 5.41) is 4.52. The second kappa shape index (κ2) is 7.56. The number of hydrogen-bond donors (Lipinski definition) is 1. The van der Waals surface area contributed by atoms with Gasteiger partial charge in [0.1, 0.15) is 11.6 Å². The SMILES string of the molecule is Cc1ccc(-c2noc([C@@H](C)N(C)Cc3nc4ccccc4c(=O)[nH]3)n2)cc1F. The number of nitrogens with one attached hydrogen (secondary N) is 1. The molecule has 4 aromatic rings. The van der Waals surface area contributed by atoms with Gasteiger partial charge in [-0.1, -0.05) is 29.4 Å². The van der Waals surface area contributed by atoms with E-state index in [-0.39, 0.29) is 17.4 Å². The van der Waals surface area contributed by atoms with Crippen molar-refractivity contribution in [3.05, 3.63) is 75.9 Å². The fourth-order valence-corrected chi connectivity index (χ4v) is 3.03. The molecule has 0 bridgehead atoms. The maximum atomic E-state index is 13.8. The van der Waals surface area contributed by atoms with Crippen LogP contribution in [0.4, 0.5) is 4.39 Å². The summed E-state index contributed by atoms with van der Waals surface area (Å²) in [6, 6.07) is 11.8. The van der Waals surface area contributed by atoms with E-state index in [1.807, 2.05) is 31.0 Å². The molecule has 148 valence electrons. The van der Waals surface area contributed by atoms with Gasteiger partial charge < -0.3 is 9.51 Å². The highest BCUT2D eigenvalue weighted by molar-refractivity contribution is 5.77. The highest BCUT2D eigenvalue weighted by Crippen LogP contribution is 2.23. The van der Waals surface area contributed by atoms with E-state index >= 15 is 0 Å². The molecule has 29 heavy (non-hydrogen) atoms. The van der Waals surface area contributed by atoms with Crippen LogP contribution >= 0.6 is 0 Å². The smallest absolute Gasteiger partial charge is 0.258 e. The number of aromatic nitrogens is 4. The molecule has 0 radical (unpaired) electrons. The Kier molecular flexibility index (Phi) is 4.94. The lowest BCUT2D eigenvalue weighted by atomic mass is 10.1. The Balaban J connectivity index is 1.54. The summed E-state index contributed by atoms with van der Waals surface area (Å²) in [5.41, 5.74) is 1.59. The second-order valence-corrected chi connectivity index (χ2v) is 7.04. The lowest BCUT2D eigenvalue weighted by Gasteiger charge is -2.20. The molecule has 0 aliphatic rings. The van der Waals surface area contributed by atoms with Gasteiger partial charge in [-0.3, -0.25) is 9.69 Å². The van der Waals surface area contributed by atoms with E-state index in [0.717, 1.165) is 0 Å². The van der Waals surface area contributed by atoms with E-state index in [0.29, 0.717) is 46.1 Å². The number of fused-ring (bicyclic) bond motifs is 1. The van der Waals surface area contributed by atoms with Crippen LogP contribution in [0.15, 0.2) is 51.8 Å². The number of aryl methyl sites for hydroxylation is 1. The zero-order valence-electron chi connectivity index (χ0n) is 16.3. The van der Waals surface area contributed by atoms with Gasteiger partial charge in [-0.15, -0.1) is 0 Å². The maximum absolute atomic E-state index is 13.8. The lowest BCUT2D eigenvalue weighted by Crippen LogP contribution is -2.25. The summed E-state index contributed by atoms with van der Waals surface area (Å²) in [7, 11) is 1.87. The van der Waals surface area contributed by atoms with Crippen LogP contribution in [0.5, 0.6) is 0 Å². The minimum atomic E-state index is -0.314. The molecule has 0 amide bonds. The van der Waals surface area contributed by atoms with Gasteiger partial charge in [-0.25, -0.2) is 9.37 Å². The molecule has 1 atom stereocenters. The Labute approximate surface area is 166 Å². The molecule has 0 saturated carbocycles. The van der Waals surface area contributed by atoms with Crippen LogP contribution < -0.4 is 5.56 Å². The fourth-order valence-electron chi connectivity index (χ4n) is 3.03. The monoisotopic (exact) mass is 393 g/mol. The first-order valence-electron chi connectivity index (χ1n) is 9.20. The van der Waals surface area contributed by atoms with Crippen molar-refractivity contribution in [2.45, 2.75) is 26.4 Å². The number of para-hydroxylation sites is 1. The molecule has 0 unspecified atom stereocenters. The largest absolute Gasteiger partial charge is 0.337 e. The van der Waals surface area contributed by atoms with Gasteiger partial charge >= 0.3 is 0 Å². The normalized spacial score (nSPS) is 12.6. The van der Waals surface area contributed by atoms with Crippen LogP contribution in [-0.2, 0) is 6.54 Å². The Morgan fingerprint density at radius 3 is 2.79 bits per heavy atom. The molecule has 0 saturated heterocycles. The van der Waals surface area contributed by atoms with Crippen LogP contribution in [0.2, 0.25) is 0 Å². The van der Waals surface area contributed by atoms with Crippen molar-refractivity contribution in [1.82, 2.24) is 25.0 Å². The predicted molar refractivity (Wildman–Crippen MR) is 107 cm³/mol. The van der Waals surface area contributed by atoms with Gasteiger partial charge in [-0.05, 0) is 44.7 Å². The van der Waals surface area contributed by atoms with Crippen molar-refractivity contribution in [2.75, 3.05) is 7.05 Å². The maximum Gasteiger partial charge on any atom is 0.258 e. The summed E-state index contributed by atoms with van der Waals surface area (Å²) in [4.78, 5) is 25.9. The Morgan fingerprint density at radius 2 is 2.00 bits per heavy atom. The van der Waals surface area contributed by atoms with Crippen molar-refractivity contribution in [3.8, 4) is 11.4 Å². The molecule has 8 heteroatoms. The highest BCUT2D eigenvalue weighted by atomic mass is 19.1. The molecule has 2 heterocycles. The molecule has 0 spiro atoms. The van der Waals surface area contributed by atoms with Gasteiger partial charge in [0, 0.05) is 5.56 Å². The summed E-state index contributed by atoms with van der Waals surface area (Å²) in [5.74, 6) is 0.955. The summed E-state index contributed by atoms with van der Waals surface area (Å²) >= 11 is 0. The number of halogens is 1. The number of nitrogens with zero attached hydrogens (tertiary/aromatic N) is 4. The zero-order valence-corrected chi connectivity index (χ0v) is 16.3. The standard InChI is InChI=1S/C21H20FN5O2/c1-12-8-9-14(10-16(12)22)19-25-21(29-26-19)13(2)27(3)11-18-23-17-7-5-4-6-15(17)20(28)24-18/h4-10,13H,11H2,1-3H3,(H,23,24,28)/t13-/m1/s1. The fraction of sp³-hybridized carbons (Fsp3) is 0.238. The number of H-pyrrole nitrogens is 1. The quantitative estimate of drug-likeness (QED) is 0.557. The average Bonchev–Trinajstić information content (AvgIpc) is 3.19. The van der Waals surface area contributed by atoms with Crippen molar-refractivity contribution in [2.24, 2.45) is 0 Å². The van der Waals surface area contributed by atoms with Crippen LogP contribution in [0, 0.1) is 12.7 Å². The highest BCUT2D eigenvalue weighted by Gasteiger charge is 2.21. The van der Waals surface area contributed by atoms with Gasteiger partial charge in [0.05, 0.1) is 23.5 Å². The molecule has 7 nitrogen and oxygen atoms in total. The van der Waals surface area contributed by atoms with Crippen LogP contribution in [-0.4, -0.2) is 32.1 Å². The second-order valence-electron chi connectivity index (χ2n) is 7.04. The molecule has 0 aliphatic heterocycles. The van der Waals surface area contributed by atoms with E-state index in [2.05, 4.69) is 20.1 Å². The van der Waals surface area contributed by atoms with Crippen LogP contribution in [0.3, 0.4) is 0 Å². The average molecular weight is 393 g/mol. The Hall–Kier alpha value is -3.39. The first kappa shape index (κ1) is 18.9. The predicted octanol–water partition coefficient (Wildman–Crippen LogP) is 3.61. The molecular formula is C21H20FN5O2. The third-order valence-electron chi connectivity index (χ3n) is 4.95. The van der Waals surface area contributed by atoms with Crippen molar-refractivity contribution < 1.29 is 8.91 Å². The molecule has 2 aromatic carbocycles. The van der Waals surface area contributed by atoms with E-state index < -0.39 is 0 Å². The van der Waals surface area contributed by atoms with E-state index in [1.165, 1.54) is 6.07 Å². The van der Waals surface area contributed by atoms with Crippen molar-refractivity contribution in [3.63, 3.8) is 0 Å². The van der Waals surface area contributed by atoms with E-state index in [1.54, 1.807) is 31.2 Å². The third-order valence-corrected chi connectivity index (χ3v) is 4.95. The van der Waals surface area contributed by atoms with Crippen molar-refractivity contribution >= 4 is 10.9 Å². The van der Waals surface area contributed by atoms with E-state index in [4.69, 9.17) is 4.52 Å². The first-order valence-corrected chi connectivity index (χ1v) is 9.20. The number of hydrogen-bond acceptors (Lipinski definition) is 6. The molecule has 0 aliphatic carbocycles. The molecule has 1 N–H and O–H groups in total. The number of rotatable bonds is 5. The third kappa shape index (κ3) is 3.79. The number of aromatic amines is 1. The minimum absolute atomic E-state index is 0.173. The lowest BCUT2D eigenvalue weighted by molar-refractivity contribution is 0.199. The van der Waals surface area contributed by atoms with Crippen molar-refractivity contribution in [1.29, 1.82) is 0 Å². The summed E-state index contributed by atoms with van der Waals surface area (Å²) in [6.45, 7) is 3.99. The zero-order chi connectivity index (χ0) is 20.5. The van der Waals surface area contributed by atoms with Gasteiger partial charge in [0.15, 0.2) is 0 Å². The topological polar surface area (TPSA) is 87.9 Å². The van der Waals surface area contributed by atoms with Crippen LogP contribution in [0.25, 0.3) is 22.3 Å². The first-order chi connectivity index (χ1) is 13.9. The minimum Gasteiger partial charge on any atom is -0.337 e. The van der Waals surface area contributed by atoms with Gasteiger partial charge in [0.2, 0.25) is 11.7 Å². The van der Waals surface area contributed by atoms with E-state index in [9.17, 15) is 9.18 Å². The molecule has 0 fully saturated rings. The van der Waals surface area contributed by atoms with Crippen LogP contribution in [0.1, 0.15) is 30.2 Å². The Bertz CT molecular complexity index is 1230. The molecular weight excluding hydrogens is 373 g/mol. The van der Waals surface area contributed by atoms with Gasteiger partial charge in [0.25, 0.3) is 5.56 Å². The molecule has 2 aromatic heterocycles.